The Morgan fingerprint density at radius 2 is 2.38 bits per heavy atom. The molecule has 0 aliphatic carbocycles. The van der Waals surface area contributed by atoms with Crippen molar-refractivity contribution in [1.29, 1.82) is 0 Å². The molecule has 0 fully saturated rings. The summed E-state index contributed by atoms with van der Waals surface area (Å²) in [6.07, 6.45) is 0. The summed E-state index contributed by atoms with van der Waals surface area (Å²) in [7, 11) is 0. The minimum Gasteiger partial charge on any atom is -0.487 e. The first kappa shape index (κ1) is 8.19. The maximum Gasteiger partial charge on any atom is 0.165 e. The van der Waals surface area contributed by atoms with Crippen LogP contribution >= 0.6 is 0 Å². The molecule has 5 N–H and O–H groups in total. The molecule has 1 heterocycles. The Balaban J connectivity index is 2.31. The topological polar surface area (TPSA) is 73.3 Å². The summed E-state index contributed by atoms with van der Waals surface area (Å²) in [6, 6.07) is 5.84. The summed E-state index contributed by atoms with van der Waals surface area (Å²) < 4.78 is 5.49. The second kappa shape index (κ2) is 3.14. The summed E-state index contributed by atoms with van der Waals surface area (Å²) in [4.78, 5) is 0. The molecule has 0 aromatic heterocycles. The largest absolute Gasteiger partial charge is 0.487 e. The molecule has 1 aromatic carbocycles. The van der Waals surface area contributed by atoms with Crippen molar-refractivity contribution in [2.24, 2.45) is 5.73 Å². The fourth-order valence-electron chi connectivity index (χ4n) is 1.40. The zero-order valence-corrected chi connectivity index (χ0v) is 7.29. The quantitative estimate of drug-likeness (QED) is 0.546. The summed E-state index contributed by atoms with van der Waals surface area (Å²) in [5, 5.41) is 3.26. The number of rotatable bonds is 1. The Bertz CT molecular complexity index is 314. The van der Waals surface area contributed by atoms with Crippen LogP contribution < -0.4 is 21.5 Å². The molecule has 70 valence electrons. The number of anilines is 2. The van der Waals surface area contributed by atoms with E-state index < -0.39 is 0 Å². The summed E-state index contributed by atoms with van der Waals surface area (Å²) in [5.74, 6) is 0.743. The van der Waals surface area contributed by atoms with Crippen molar-refractivity contribution >= 4 is 11.4 Å². The normalized spacial score (nSPS) is 19.9. The van der Waals surface area contributed by atoms with E-state index in [1.54, 1.807) is 0 Å². The molecule has 4 heteroatoms. The maximum atomic E-state index is 5.73. The highest BCUT2D eigenvalue weighted by atomic mass is 16.5. The Kier molecular flexibility index (Phi) is 1.98. The van der Waals surface area contributed by atoms with Crippen molar-refractivity contribution in [2.45, 2.75) is 6.04 Å². The smallest absolute Gasteiger partial charge is 0.165 e. The molecule has 0 bridgehead atoms. The number of para-hydroxylation sites is 1. The van der Waals surface area contributed by atoms with Crippen LogP contribution in [-0.2, 0) is 0 Å². The van der Waals surface area contributed by atoms with Gasteiger partial charge in [0, 0.05) is 6.54 Å². The van der Waals surface area contributed by atoms with E-state index in [2.05, 4.69) is 5.32 Å². The van der Waals surface area contributed by atoms with E-state index in [0.29, 0.717) is 18.8 Å². The molecule has 0 saturated heterocycles. The van der Waals surface area contributed by atoms with Gasteiger partial charge in [-0.15, -0.1) is 0 Å². The Labute approximate surface area is 76.9 Å². The number of benzene rings is 1. The van der Waals surface area contributed by atoms with Crippen LogP contribution in [0.15, 0.2) is 18.2 Å². The lowest BCUT2D eigenvalue weighted by Gasteiger charge is -2.27. The predicted octanol–water partition coefficient (Wildman–Crippen LogP) is 0.400. The molecule has 0 radical (unpaired) electrons. The van der Waals surface area contributed by atoms with Gasteiger partial charge in [0.2, 0.25) is 0 Å². The predicted molar refractivity (Wildman–Crippen MR) is 52.8 cm³/mol. The number of ether oxygens (including phenoxy) is 1. The second-order valence-electron chi connectivity index (χ2n) is 3.11. The highest BCUT2D eigenvalue weighted by Crippen LogP contribution is 2.33. The molecule has 0 saturated carbocycles. The fraction of sp³-hybridized carbons (Fsp3) is 0.333. The van der Waals surface area contributed by atoms with Crippen LogP contribution in [-0.4, -0.2) is 19.2 Å². The van der Waals surface area contributed by atoms with Crippen molar-refractivity contribution in [2.75, 3.05) is 24.2 Å². The summed E-state index contributed by atoms with van der Waals surface area (Å²) in [5.41, 5.74) is 12.9. The van der Waals surface area contributed by atoms with Crippen LogP contribution in [0.4, 0.5) is 11.4 Å². The van der Waals surface area contributed by atoms with E-state index in [4.69, 9.17) is 16.2 Å². The van der Waals surface area contributed by atoms with Crippen molar-refractivity contribution in [3.8, 4) is 5.75 Å². The molecule has 1 aromatic rings. The molecule has 0 amide bonds. The van der Waals surface area contributed by atoms with Crippen molar-refractivity contribution in [1.82, 2.24) is 0 Å². The highest BCUT2D eigenvalue weighted by Gasteiger charge is 2.18. The van der Waals surface area contributed by atoms with Gasteiger partial charge in [-0.25, -0.2) is 0 Å². The maximum absolute atomic E-state index is 5.73. The molecule has 13 heavy (non-hydrogen) atoms. The number of nitrogen functional groups attached to an aromatic ring is 1. The van der Waals surface area contributed by atoms with Gasteiger partial charge in [0.05, 0.1) is 17.4 Å². The molecular weight excluding hydrogens is 166 g/mol. The zero-order valence-electron chi connectivity index (χ0n) is 7.29. The van der Waals surface area contributed by atoms with Gasteiger partial charge < -0.3 is 21.5 Å². The third kappa shape index (κ3) is 1.40. The first-order chi connectivity index (χ1) is 6.31. The van der Waals surface area contributed by atoms with Gasteiger partial charge in [-0.1, -0.05) is 6.07 Å². The first-order valence-corrected chi connectivity index (χ1v) is 4.29. The van der Waals surface area contributed by atoms with E-state index in [0.717, 1.165) is 11.4 Å². The van der Waals surface area contributed by atoms with Gasteiger partial charge >= 0.3 is 0 Å². The van der Waals surface area contributed by atoms with Crippen molar-refractivity contribution in [3.05, 3.63) is 18.2 Å². The average molecular weight is 179 g/mol. The Hall–Kier alpha value is -1.42. The molecule has 1 aliphatic heterocycles. The molecule has 1 atom stereocenters. The molecule has 2 rings (SSSR count). The van der Waals surface area contributed by atoms with Gasteiger partial charge in [-0.2, -0.15) is 0 Å². The number of hydrogen-bond acceptors (Lipinski definition) is 4. The highest BCUT2D eigenvalue weighted by molar-refractivity contribution is 5.70. The van der Waals surface area contributed by atoms with Crippen molar-refractivity contribution in [3.63, 3.8) is 0 Å². The minimum absolute atomic E-state index is 0.189. The van der Waals surface area contributed by atoms with E-state index in [9.17, 15) is 0 Å². The Morgan fingerprint density at radius 3 is 3.15 bits per heavy atom. The molecule has 4 nitrogen and oxygen atoms in total. The van der Waals surface area contributed by atoms with Crippen LogP contribution in [0.25, 0.3) is 0 Å². The van der Waals surface area contributed by atoms with Crippen LogP contribution in [0.1, 0.15) is 0 Å². The number of fused-ring (bicyclic) bond motifs is 1. The first-order valence-electron chi connectivity index (χ1n) is 4.29. The molecule has 1 aliphatic rings. The SMILES string of the molecule is NCC1COc2c(N)cccc2N1. The van der Waals surface area contributed by atoms with E-state index >= 15 is 0 Å². The Morgan fingerprint density at radius 1 is 1.54 bits per heavy atom. The van der Waals surface area contributed by atoms with Crippen LogP contribution in [0.3, 0.4) is 0 Å². The fourth-order valence-corrected chi connectivity index (χ4v) is 1.40. The standard InChI is InChI=1S/C9H13N3O/c10-4-6-5-13-9-7(11)2-1-3-8(9)12-6/h1-3,6,12H,4-5,10-11H2. The van der Waals surface area contributed by atoms with Gasteiger partial charge in [0.25, 0.3) is 0 Å². The van der Waals surface area contributed by atoms with E-state index in [1.165, 1.54) is 0 Å². The zero-order chi connectivity index (χ0) is 9.26. The average Bonchev–Trinajstić information content (AvgIpc) is 2.18. The monoisotopic (exact) mass is 179 g/mol. The van der Waals surface area contributed by atoms with Gasteiger partial charge in [-0.3, -0.25) is 0 Å². The number of nitrogens with two attached hydrogens (primary N) is 2. The number of hydrogen-bond donors (Lipinski definition) is 3. The lowest BCUT2D eigenvalue weighted by atomic mass is 10.2. The molecular formula is C9H13N3O. The molecule has 1 unspecified atom stereocenters. The van der Waals surface area contributed by atoms with E-state index in [1.807, 2.05) is 18.2 Å². The van der Waals surface area contributed by atoms with Gasteiger partial charge in [0.15, 0.2) is 5.75 Å². The van der Waals surface area contributed by atoms with Crippen molar-refractivity contribution < 1.29 is 4.74 Å². The lowest BCUT2D eigenvalue weighted by molar-refractivity contribution is 0.288. The second-order valence-corrected chi connectivity index (χ2v) is 3.11. The van der Waals surface area contributed by atoms with Gasteiger partial charge in [-0.05, 0) is 12.1 Å². The minimum atomic E-state index is 0.189. The third-order valence-corrected chi connectivity index (χ3v) is 2.12. The third-order valence-electron chi connectivity index (χ3n) is 2.12. The number of nitrogens with one attached hydrogen (secondary N) is 1. The molecule has 0 spiro atoms. The van der Waals surface area contributed by atoms with Crippen LogP contribution in [0.5, 0.6) is 5.75 Å². The summed E-state index contributed by atoms with van der Waals surface area (Å²) >= 11 is 0. The lowest BCUT2D eigenvalue weighted by Crippen LogP contribution is -2.37. The van der Waals surface area contributed by atoms with Crippen LogP contribution in [0.2, 0.25) is 0 Å². The van der Waals surface area contributed by atoms with Crippen LogP contribution in [0, 0.1) is 0 Å². The summed E-state index contributed by atoms with van der Waals surface area (Å²) in [6.45, 7) is 1.14. The van der Waals surface area contributed by atoms with E-state index in [-0.39, 0.29) is 6.04 Å². The van der Waals surface area contributed by atoms with Gasteiger partial charge in [0.1, 0.15) is 6.61 Å².